The van der Waals surface area contributed by atoms with E-state index in [-0.39, 0.29) is 5.78 Å². The number of carbonyl (C=O) groups is 1. The summed E-state index contributed by atoms with van der Waals surface area (Å²) in [7, 11) is -1.62. The first-order chi connectivity index (χ1) is 9.05. The molecule has 20 heavy (non-hydrogen) atoms. The summed E-state index contributed by atoms with van der Waals surface area (Å²) in [6, 6.07) is 5.78. The molecule has 0 N–H and O–H groups in total. The van der Waals surface area contributed by atoms with Crippen molar-refractivity contribution >= 4 is 26.5 Å². The highest BCUT2D eigenvalue weighted by molar-refractivity contribution is 7.92. The standard InChI is InChI=1S/C15H19NO3S/c1-10-6-7-11-12(9-16(4)13(11)8-10)14(17)15(2,3)20(5,18)19/h6-9H,1-5H3. The van der Waals surface area contributed by atoms with Crippen LogP contribution in [0, 0.1) is 6.92 Å². The van der Waals surface area contributed by atoms with Crippen LogP contribution in [-0.4, -0.2) is 29.8 Å². The van der Waals surface area contributed by atoms with Crippen LogP contribution < -0.4 is 0 Å². The third-order valence-electron chi connectivity index (χ3n) is 3.86. The molecule has 4 nitrogen and oxygen atoms in total. The summed E-state index contributed by atoms with van der Waals surface area (Å²) in [5.41, 5.74) is 2.48. The first kappa shape index (κ1) is 14.8. The zero-order valence-corrected chi connectivity index (χ0v) is 13.2. The van der Waals surface area contributed by atoms with Crippen LogP contribution in [-0.2, 0) is 16.9 Å². The molecule has 2 aromatic rings. The van der Waals surface area contributed by atoms with Gasteiger partial charge in [0.15, 0.2) is 15.6 Å². The molecule has 0 atom stereocenters. The second kappa shape index (κ2) is 4.45. The van der Waals surface area contributed by atoms with E-state index in [1.165, 1.54) is 13.8 Å². The maximum absolute atomic E-state index is 12.6. The largest absolute Gasteiger partial charge is 0.350 e. The van der Waals surface area contributed by atoms with Crippen molar-refractivity contribution in [2.75, 3.05) is 6.26 Å². The number of aryl methyl sites for hydroxylation is 2. The quantitative estimate of drug-likeness (QED) is 0.817. The summed E-state index contributed by atoms with van der Waals surface area (Å²) < 4.78 is 24.1. The lowest BCUT2D eigenvalue weighted by molar-refractivity contribution is 0.0955. The van der Waals surface area contributed by atoms with Crippen LogP contribution >= 0.6 is 0 Å². The molecular formula is C15H19NO3S. The number of sulfone groups is 1. The maximum Gasteiger partial charge on any atom is 0.185 e. The predicted molar refractivity (Wildman–Crippen MR) is 80.9 cm³/mol. The Morgan fingerprint density at radius 1 is 1.25 bits per heavy atom. The van der Waals surface area contributed by atoms with E-state index >= 15 is 0 Å². The molecule has 0 aliphatic heterocycles. The van der Waals surface area contributed by atoms with E-state index in [2.05, 4.69) is 0 Å². The molecule has 1 aromatic heterocycles. The van der Waals surface area contributed by atoms with Crippen LogP contribution in [0.2, 0.25) is 0 Å². The van der Waals surface area contributed by atoms with Crippen molar-refractivity contribution in [1.29, 1.82) is 0 Å². The number of Topliss-reactive ketones (excluding diaryl/α,β-unsaturated/α-hetero) is 1. The van der Waals surface area contributed by atoms with Crippen LogP contribution in [0.4, 0.5) is 0 Å². The number of hydrogen-bond acceptors (Lipinski definition) is 3. The van der Waals surface area contributed by atoms with E-state index in [1.54, 1.807) is 6.20 Å². The first-order valence-corrected chi connectivity index (χ1v) is 8.25. The van der Waals surface area contributed by atoms with Crippen LogP contribution in [0.15, 0.2) is 24.4 Å². The Morgan fingerprint density at radius 3 is 2.40 bits per heavy atom. The van der Waals surface area contributed by atoms with E-state index in [0.29, 0.717) is 5.56 Å². The Bertz CT molecular complexity index is 798. The maximum atomic E-state index is 12.6. The number of nitrogens with zero attached hydrogens (tertiary/aromatic N) is 1. The molecule has 0 fully saturated rings. The van der Waals surface area contributed by atoms with Gasteiger partial charge in [-0.2, -0.15) is 0 Å². The summed E-state index contributed by atoms with van der Waals surface area (Å²) in [6.07, 6.45) is 2.81. The van der Waals surface area contributed by atoms with E-state index < -0.39 is 14.6 Å². The van der Waals surface area contributed by atoms with Gasteiger partial charge in [0.1, 0.15) is 4.75 Å². The van der Waals surface area contributed by atoms with Gasteiger partial charge in [0, 0.05) is 36.0 Å². The number of hydrogen-bond donors (Lipinski definition) is 0. The Hall–Kier alpha value is -1.62. The molecule has 0 radical (unpaired) electrons. The fourth-order valence-corrected chi connectivity index (χ4v) is 2.61. The Balaban J connectivity index is 2.69. The van der Waals surface area contributed by atoms with Gasteiger partial charge in [0.25, 0.3) is 0 Å². The number of rotatable bonds is 3. The van der Waals surface area contributed by atoms with Crippen molar-refractivity contribution in [2.24, 2.45) is 7.05 Å². The SMILES string of the molecule is Cc1ccc2c(C(=O)C(C)(C)S(C)(=O)=O)cn(C)c2c1. The van der Waals surface area contributed by atoms with E-state index in [0.717, 1.165) is 22.7 Å². The highest BCUT2D eigenvalue weighted by Crippen LogP contribution is 2.28. The minimum Gasteiger partial charge on any atom is -0.350 e. The molecular weight excluding hydrogens is 274 g/mol. The van der Waals surface area contributed by atoms with Gasteiger partial charge in [0.2, 0.25) is 0 Å². The van der Waals surface area contributed by atoms with E-state index in [9.17, 15) is 13.2 Å². The van der Waals surface area contributed by atoms with Crippen LogP contribution in [0.25, 0.3) is 10.9 Å². The fraction of sp³-hybridized carbons (Fsp3) is 0.400. The molecule has 0 amide bonds. The molecule has 1 aromatic carbocycles. The van der Waals surface area contributed by atoms with Crippen LogP contribution in [0.5, 0.6) is 0 Å². The minimum atomic E-state index is -3.48. The van der Waals surface area contributed by atoms with Gasteiger partial charge in [-0.3, -0.25) is 4.79 Å². The Kier molecular flexibility index (Phi) is 3.29. The Labute approximate surface area is 119 Å². The molecule has 0 spiro atoms. The van der Waals surface area contributed by atoms with Gasteiger partial charge in [-0.15, -0.1) is 0 Å². The van der Waals surface area contributed by atoms with Gasteiger partial charge in [0.05, 0.1) is 0 Å². The predicted octanol–water partition coefficient (Wildman–Crippen LogP) is 2.49. The summed E-state index contributed by atoms with van der Waals surface area (Å²) in [6.45, 7) is 4.89. The third-order valence-corrected chi connectivity index (χ3v) is 5.90. The van der Waals surface area contributed by atoms with E-state index in [1.807, 2.05) is 36.7 Å². The zero-order chi connectivity index (χ0) is 15.3. The number of aromatic nitrogens is 1. The van der Waals surface area contributed by atoms with Crippen molar-refractivity contribution in [2.45, 2.75) is 25.5 Å². The van der Waals surface area contributed by atoms with Crippen LogP contribution in [0.1, 0.15) is 29.8 Å². The fourth-order valence-electron chi connectivity index (χ4n) is 2.17. The lowest BCUT2D eigenvalue weighted by atomic mass is 9.99. The number of carbonyl (C=O) groups excluding carboxylic acids is 1. The lowest BCUT2D eigenvalue weighted by Crippen LogP contribution is -2.39. The van der Waals surface area contributed by atoms with Crippen molar-refractivity contribution in [3.63, 3.8) is 0 Å². The average Bonchev–Trinajstić information content (AvgIpc) is 2.64. The molecule has 0 saturated carbocycles. The first-order valence-electron chi connectivity index (χ1n) is 6.36. The highest BCUT2D eigenvalue weighted by atomic mass is 32.2. The monoisotopic (exact) mass is 293 g/mol. The summed E-state index contributed by atoms with van der Waals surface area (Å²) in [5, 5.41) is 0.792. The van der Waals surface area contributed by atoms with Gasteiger partial charge in [-0.05, 0) is 32.4 Å². The minimum absolute atomic E-state index is 0.366. The van der Waals surface area contributed by atoms with Crippen molar-refractivity contribution in [3.8, 4) is 0 Å². The third kappa shape index (κ3) is 2.16. The smallest absolute Gasteiger partial charge is 0.185 e. The molecule has 0 saturated heterocycles. The Morgan fingerprint density at radius 2 is 1.85 bits per heavy atom. The second-order valence-electron chi connectivity index (χ2n) is 5.79. The van der Waals surface area contributed by atoms with Gasteiger partial charge in [-0.25, -0.2) is 8.42 Å². The molecule has 5 heteroatoms. The topological polar surface area (TPSA) is 56.1 Å². The summed E-state index contributed by atoms with van der Waals surface area (Å²) in [5.74, 6) is -0.366. The zero-order valence-electron chi connectivity index (χ0n) is 12.4. The molecule has 108 valence electrons. The van der Waals surface area contributed by atoms with E-state index in [4.69, 9.17) is 0 Å². The van der Waals surface area contributed by atoms with Crippen LogP contribution in [0.3, 0.4) is 0 Å². The van der Waals surface area contributed by atoms with Crippen molar-refractivity contribution in [1.82, 2.24) is 4.57 Å². The molecule has 0 unspecified atom stereocenters. The number of ketones is 1. The summed E-state index contributed by atoms with van der Waals surface area (Å²) >= 11 is 0. The van der Waals surface area contributed by atoms with Gasteiger partial charge >= 0.3 is 0 Å². The van der Waals surface area contributed by atoms with Crippen molar-refractivity contribution < 1.29 is 13.2 Å². The number of benzene rings is 1. The normalized spacial score (nSPS) is 12.8. The average molecular weight is 293 g/mol. The lowest BCUT2D eigenvalue weighted by Gasteiger charge is -2.20. The molecule has 0 aliphatic rings. The molecule has 1 heterocycles. The highest BCUT2D eigenvalue weighted by Gasteiger charge is 2.39. The summed E-state index contributed by atoms with van der Waals surface area (Å²) in [4.78, 5) is 12.6. The van der Waals surface area contributed by atoms with Crippen molar-refractivity contribution in [3.05, 3.63) is 35.5 Å². The number of fused-ring (bicyclic) bond motifs is 1. The second-order valence-corrected chi connectivity index (χ2v) is 8.35. The van der Waals surface area contributed by atoms with Gasteiger partial charge < -0.3 is 4.57 Å². The molecule has 0 aliphatic carbocycles. The van der Waals surface area contributed by atoms with Gasteiger partial charge in [-0.1, -0.05) is 12.1 Å². The molecule has 0 bridgehead atoms. The molecule has 2 rings (SSSR count).